The Bertz CT molecular complexity index is 645. The lowest BCUT2D eigenvalue weighted by Gasteiger charge is -2.11. The zero-order valence-corrected chi connectivity index (χ0v) is 11.7. The SMILES string of the molecule is CC(=O)C1=NS(=O)(=O)NC(c2ncc(Br)s2)=C1. The van der Waals surface area contributed by atoms with Crippen LogP contribution >= 0.6 is 27.3 Å². The molecule has 0 bridgehead atoms. The van der Waals surface area contributed by atoms with Crippen molar-refractivity contribution in [2.45, 2.75) is 6.92 Å². The molecular weight excluding hydrogens is 330 g/mol. The van der Waals surface area contributed by atoms with Gasteiger partial charge in [-0.2, -0.15) is 8.42 Å². The second-order valence-electron chi connectivity index (χ2n) is 3.14. The van der Waals surface area contributed by atoms with Crippen LogP contribution in [0.15, 0.2) is 20.5 Å². The number of thiazole rings is 1. The number of nitrogens with zero attached hydrogens (tertiary/aromatic N) is 2. The summed E-state index contributed by atoms with van der Waals surface area (Å²) in [7, 11) is -3.86. The molecule has 1 N–H and O–H groups in total. The topological polar surface area (TPSA) is 88.5 Å². The van der Waals surface area contributed by atoms with Gasteiger partial charge in [0.05, 0.1) is 15.7 Å². The Balaban J connectivity index is 2.50. The lowest BCUT2D eigenvalue weighted by Crippen LogP contribution is -2.28. The summed E-state index contributed by atoms with van der Waals surface area (Å²) in [4.78, 5) is 15.2. The Morgan fingerprint density at radius 3 is 2.76 bits per heavy atom. The average Bonchev–Trinajstić information content (AvgIpc) is 2.62. The molecule has 2 rings (SSSR count). The van der Waals surface area contributed by atoms with Gasteiger partial charge in [0.2, 0.25) is 0 Å². The minimum Gasteiger partial charge on any atom is -0.293 e. The number of rotatable bonds is 2. The zero-order chi connectivity index (χ0) is 12.6. The van der Waals surface area contributed by atoms with Crippen LogP contribution in [0.3, 0.4) is 0 Å². The second-order valence-corrected chi connectivity index (χ2v) is 6.88. The first-order valence-corrected chi connectivity index (χ1v) is 7.39. The predicted octanol–water partition coefficient (Wildman–Crippen LogP) is 1.12. The van der Waals surface area contributed by atoms with Gasteiger partial charge in [0.25, 0.3) is 0 Å². The van der Waals surface area contributed by atoms with Gasteiger partial charge >= 0.3 is 10.2 Å². The molecule has 17 heavy (non-hydrogen) atoms. The van der Waals surface area contributed by atoms with Gasteiger partial charge in [0.15, 0.2) is 5.78 Å². The summed E-state index contributed by atoms with van der Waals surface area (Å²) in [6.07, 6.45) is 2.92. The molecule has 1 aromatic rings. The molecule has 0 spiro atoms. The van der Waals surface area contributed by atoms with Gasteiger partial charge in [-0.1, -0.05) is 0 Å². The Labute approximate surface area is 110 Å². The van der Waals surface area contributed by atoms with Crippen molar-refractivity contribution in [1.29, 1.82) is 0 Å². The summed E-state index contributed by atoms with van der Waals surface area (Å²) in [5.74, 6) is -0.414. The maximum atomic E-state index is 11.4. The molecule has 6 nitrogen and oxygen atoms in total. The Hall–Kier alpha value is -1.06. The van der Waals surface area contributed by atoms with Crippen molar-refractivity contribution in [3.63, 3.8) is 0 Å². The van der Waals surface area contributed by atoms with Gasteiger partial charge in [0, 0.05) is 6.92 Å². The van der Waals surface area contributed by atoms with Crippen LogP contribution in [-0.2, 0) is 15.0 Å². The number of carbonyl (C=O) groups is 1. The average molecular weight is 336 g/mol. The number of Topliss-reactive ketones (excluding diaryl/α,β-unsaturated/α-hetero) is 1. The van der Waals surface area contributed by atoms with Crippen molar-refractivity contribution in [2.75, 3.05) is 0 Å². The molecule has 0 radical (unpaired) electrons. The molecule has 1 aromatic heterocycles. The van der Waals surface area contributed by atoms with Gasteiger partial charge in [-0.3, -0.25) is 9.52 Å². The third-order valence-electron chi connectivity index (χ3n) is 1.81. The van der Waals surface area contributed by atoms with E-state index in [2.05, 4.69) is 30.0 Å². The highest BCUT2D eigenvalue weighted by molar-refractivity contribution is 9.11. The van der Waals surface area contributed by atoms with Gasteiger partial charge in [-0.05, 0) is 22.0 Å². The van der Waals surface area contributed by atoms with Gasteiger partial charge in [0.1, 0.15) is 10.7 Å². The van der Waals surface area contributed by atoms with Crippen LogP contribution in [0, 0.1) is 0 Å². The molecule has 9 heteroatoms. The van der Waals surface area contributed by atoms with E-state index in [0.29, 0.717) is 5.01 Å². The summed E-state index contributed by atoms with van der Waals surface area (Å²) in [5.41, 5.74) is 0.144. The molecule has 90 valence electrons. The highest BCUT2D eigenvalue weighted by Gasteiger charge is 2.22. The summed E-state index contributed by atoms with van der Waals surface area (Å²) in [6.45, 7) is 1.26. The van der Waals surface area contributed by atoms with Crippen LogP contribution in [0.25, 0.3) is 5.70 Å². The molecule has 0 saturated heterocycles. The second kappa shape index (κ2) is 4.31. The van der Waals surface area contributed by atoms with Crippen LogP contribution in [0.2, 0.25) is 0 Å². The van der Waals surface area contributed by atoms with Crippen LogP contribution in [0.1, 0.15) is 11.9 Å². The molecule has 0 aromatic carbocycles. The third-order valence-corrected chi connectivity index (χ3v) is 4.23. The van der Waals surface area contributed by atoms with E-state index in [9.17, 15) is 13.2 Å². The standard InChI is InChI=1S/C8H6BrN3O3S2/c1-4(13)5-2-6(12-17(14,15)11-5)8-10-3-7(9)16-8/h2-3,12H,1H3. The maximum Gasteiger partial charge on any atom is 0.343 e. The number of aromatic nitrogens is 1. The van der Waals surface area contributed by atoms with E-state index in [1.54, 1.807) is 6.20 Å². The highest BCUT2D eigenvalue weighted by atomic mass is 79.9. The van der Waals surface area contributed by atoms with E-state index in [1.807, 2.05) is 0 Å². The first-order valence-electron chi connectivity index (χ1n) is 4.34. The summed E-state index contributed by atoms with van der Waals surface area (Å²) < 4.78 is 29.2. The van der Waals surface area contributed by atoms with Crippen molar-refractivity contribution < 1.29 is 13.2 Å². The number of carbonyl (C=O) groups excluding carboxylic acids is 1. The van der Waals surface area contributed by atoms with Gasteiger partial charge in [-0.15, -0.1) is 15.7 Å². The first-order chi connectivity index (χ1) is 7.87. The van der Waals surface area contributed by atoms with E-state index < -0.39 is 16.0 Å². The smallest absolute Gasteiger partial charge is 0.293 e. The molecule has 0 saturated carbocycles. The molecule has 1 aliphatic heterocycles. The van der Waals surface area contributed by atoms with Crippen molar-refractivity contribution >= 4 is 54.7 Å². The van der Waals surface area contributed by atoms with E-state index >= 15 is 0 Å². The minimum absolute atomic E-state index is 0.106. The van der Waals surface area contributed by atoms with Crippen LogP contribution in [-0.4, -0.2) is 24.9 Å². The van der Waals surface area contributed by atoms with Crippen LogP contribution in [0.5, 0.6) is 0 Å². The van der Waals surface area contributed by atoms with Crippen LogP contribution in [0.4, 0.5) is 0 Å². The molecule has 2 heterocycles. The van der Waals surface area contributed by atoms with E-state index in [-0.39, 0.29) is 11.4 Å². The summed E-state index contributed by atoms with van der Waals surface area (Å²) >= 11 is 4.48. The normalized spacial score (nSPS) is 18.0. The fraction of sp³-hybridized carbons (Fsp3) is 0.125. The predicted molar refractivity (Wildman–Crippen MR) is 68.0 cm³/mol. The third kappa shape index (κ3) is 2.79. The molecule has 0 aliphatic carbocycles. The number of hydrogen-bond acceptors (Lipinski definition) is 5. The molecule has 0 fully saturated rings. The quantitative estimate of drug-likeness (QED) is 0.877. The number of allylic oxidation sites excluding steroid dienone is 1. The molecule has 0 atom stereocenters. The van der Waals surface area contributed by atoms with Crippen molar-refractivity contribution in [3.05, 3.63) is 21.1 Å². The zero-order valence-electron chi connectivity index (χ0n) is 8.47. The Morgan fingerprint density at radius 1 is 1.53 bits per heavy atom. The Morgan fingerprint density at radius 2 is 2.24 bits per heavy atom. The van der Waals surface area contributed by atoms with Crippen molar-refractivity contribution in [3.8, 4) is 0 Å². The minimum atomic E-state index is -3.86. The van der Waals surface area contributed by atoms with E-state index in [1.165, 1.54) is 24.3 Å². The highest BCUT2D eigenvalue weighted by Crippen LogP contribution is 2.25. The largest absolute Gasteiger partial charge is 0.343 e. The fourth-order valence-corrected chi connectivity index (χ4v) is 3.30. The first kappa shape index (κ1) is 12.4. The number of nitrogens with one attached hydrogen (secondary N) is 1. The van der Waals surface area contributed by atoms with Gasteiger partial charge in [-0.25, -0.2) is 4.98 Å². The molecular formula is C8H6BrN3O3S2. The lowest BCUT2D eigenvalue weighted by molar-refractivity contribution is -0.111. The number of halogens is 1. The molecule has 0 amide bonds. The molecule has 1 aliphatic rings. The maximum absolute atomic E-state index is 11.4. The summed E-state index contributed by atoms with van der Waals surface area (Å²) in [6, 6.07) is 0. The summed E-state index contributed by atoms with van der Waals surface area (Å²) in [5, 5.41) is 0.467. The number of hydrogen-bond donors (Lipinski definition) is 1. The Kier molecular flexibility index (Phi) is 3.15. The fourth-order valence-electron chi connectivity index (χ4n) is 1.13. The van der Waals surface area contributed by atoms with Crippen LogP contribution < -0.4 is 4.72 Å². The monoisotopic (exact) mass is 335 g/mol. The molecule has 0 unspecified atom stereocenters. The lowest BCUT2D eigenvalue weighted by atomic mass is 10.2. The van der Waals surface area contributed by atoms with Crippen molar-refractivity contribution in [1.82, 2.24) is 9.71 Å². The van der Waals surface area contributed by atoms with E-state index in [0.717, 1.165) is 3.79 Å². The number of ketones is 1. The van der Waals surface area contributed by atoms with Gasteiger partial charge < -0.3 is 0 Å². The van der Waals surface area contributed by atoms with E-state index in [4.69, 9.17) is 0 Å². The van der Waals surface area contributed by atoms with Crippen molar-refractivity contribution in [2.24, 2.45) is 4.40 Å².